The molecule has 0 aromatic heterocycles. The van der Waals surface area contributed by atoms with Gasteiger partial charge in [0, 0.05) is 19.1 Å². The lowest BCUT2D eigenvalue weighted by atomic mass is 9.84. The summed E-state index contributed by atoms with van der Waals surface area (Å²) in [5.74, 6) is 0.558. The largest absolute Gasteiger partial charge is 0.379 e. The summed E-state index contributed by atoms with van der Waals surface area (Å²) in [6.45, 7) is 3.13. The maximum atomic E-state index is 14.3. The first-order valence-corrected chi connectivity index (χ1v) is 11.5. The highest BCUT2D eigenvalue weighted by atomic mass is 32.2. The number of morpholine rings is 1. The van der Waals surface area contributed by atoms with Gasteiger partial charge in [0.1, 0.15) is 5.82 Å². The highest BCUT2D eigenvalue weighted by molar-refractivity contribution is 7.89. The molecule has 28 heavy (non-hydrogen) atoms. The molecule has 2 bridgehead atoms. The van der Waals surface area contributed by atoms with Crippen molar-refractivity contribution in [3.8, 4) is 0 Å². The first kappa shape index (κ1) is 19.8. The number of carbonyl (C=O) groups excluding carboxylic acids is 1. The van der Waals surface area contributed by atoms with Gasteiger partial charge in [0.2, 0.25) is 10.0 Å². The Bertz CT molecular complexity index is 854. The molecule has 4 unspecified atom stereocenters. The second-order valence-electron chi connectivity index (χ2n) is 8.26. The van der Waals surface area contributed by atoms with Crippen LogP contribution in [0, 0.1) is 23.6 Å². The van der Waals surface area contributed by atoms with Crippen molar-refractivity contribution < 1.29 is 22.3 Å². The van der Waals surface area contributed by atoms with Gasteiger partial charge in [-0.25, -0.2) is 12.8 Å². The Kier molecular flexibility index (Phi) is 5.46. The summed E-state index contributed by atoms with van der Waals surface area (Å²) in [4.78, 5) is 12.7. The first-order chi connectivity index (χ1) is 13.4. The quantitative estimate of drug-likeness (QED) is 0.809. The number of amides is 1. The normalized spacial score (nSPS) is 29.0. The number of nitrogens with zero attached hydrogens (tertiary/aromatic N) is 1. The molecular weight excluding hydrogens is 383 g/mol. The van der Waals surface area contributed by atoms with Gasteiger partial charge in [-0.1, -0.05) is 6.42 Å². The number of rotatable bonds is 5. The average Bonchev–Trinajstić information content (AvgIpc) is 3.32. The second kappa shape index (κ2) is 7.72. The molecule has 2 aliphatic carbocycles. The van der Waals surface area contributed by atoms with E-state index in [-0.39, 0.29) is 29.6 Å². The minimum atomic E-state index is -3.78. The van der Waals surface area contributed by atoms with E-state index in [9.17, 15) is 17.6 Å². The summed E-state index contributed by atoms with van der Waals surface area (Å²) in [6, 6.07) is 3.38. The molecule has 1 heterocycles. The predicted octanol–water partition coefficient (Wildman–Crippen LogP) is 2.40. The number of sulfonamides is 1. The highest BCUT2D eigenvalue weighted by Crippen LogP contribution is 2.49. The van der Waals surface area contributed by atoms with Crippen LogP contribution >= 0.6 is 0 Å². The number of hydrogen-bond donors (Lipinski definition) is 1. The van der Waals surface area contributed by atoms with Crippen molar-refractivity contribution in [3.63, 3.8) is 0 Å². The third-order valence-corrected chi connectivity index (χ3v) is 8.48. The van der Waals surface area contributed by atoms with Crippen LogP contribution < -0.4 is 5.32 Å². The lowest BCUT2D eigenvalue weighted by molar-refractivity contribution is 0.0730. The monoisotopic (exact) mass is 410 g/mol. The Labute approximate surface area is 165 Å². The van der Waals surface area contributed by atoms with E-state index in [0.29, 0.717) is 25.0 Å². The van der Waals surface area contributed by atoms with Crippen molar-refractivity contribution in [3.05, 3.63) is 29.6 Å². The zero-order valence-electron chi connectivity index (χ0n) is 16.1. The molecule has 1 aromatic rings. The van der Waals surface area contributed by atoms with Crippen molar-refractivity contribution in [2.75, 3.05) is 26.3 Å². The van der Waals surface area contributed by atoms with Crippen molar-refractivity contribution >= 4 is 15.9 Å². The van der Waals surface area contributed by atoms with E-state index in [0.717, 1.165) is 24.5 Å². The van der Waals surface area contributed by atoms with Gasteiger partial charge < -0.3 is 10.1 Å². The summed E-state index contributed by atoms with van der Waals surface area (Å²) in [7, 11) is -3.78. The fourth-order valence-corrected chi connectivity index (χ4v) is 6.51. The number of ether oxygens (including phenoxy) is 1. The summed E-state index contributed by atoms with van der Waals surface area (Å²) < 4.78 is 46.5. The average molecular weight is 411 g/mol. The Hall–Kier alpha value is -1.51. The molecule has 1 amide bonds. The van der Waals surface area contributed by atoms with E-state index < -0.39 is 21.7 Å². The zero-order chi connectivity index (χ0) is 19.9. The molecule has 1 aromatic carbocycles. The van der Waals surface area contributed by atoms with Crippen LogP contribution in [-0.4, -0.2) is 51.0 Å². The van der Waals surface area contributed by atoms with Crippen LogP contribution in [0.5, 0.6) is 0 Å². The van der Waals surface area contributed by atoms with Crippen LogP contribution in [0.3, 0.4) is 0 Å². The van der Waals surface area contributed by atoms with E-state index in [1.54, 1.807) is 0 Å². The number of nitrogens with one attached hydrogen (secondary N) is 1. The third kappa shape index (κ3) is 3.69. The van der Waals surface area contributed by atoms with Gasteiger partial charge in [-0.2, -0.15) is 4.31 Å². The number of carbonyl (C=O) groups is 1. The van der Waals surface area contributed by atoms with Crippen molar-refractivity contribution in [2.24, 2.45) is 17.8 Å². The molecule has 0 spiro atoms. The van der Waals surface area contributed by atoms with Crippen LogP contribution in [0.1, 0.15) is 43.0 Å². The molecule has 0 radical (unpaired) electrons. The van der Waals surface area contributed by atoms with Gasteiger partial charge >= 0.3 is 0 Å². The number of hydrogen-bond acceptors (Lipinski definition) is 4. The lowest BCUT2D eigenvalue weighted by Crippen LogP contribution is -2.41. The summed E-state index contributed by atoms with van der Waals surface area (Å²) in [6.07, 6.45) is 4.82. The third-order valence-electron chi connectivity index (χ3n) is 6.58. The number of halogens is 1. The van der Waals surface area contributed by atoms with Gasteiger partial charge in [-0.3, -0.25) is 4.79 Å². The molecule has 4 rings (SSSR count). The maximum Gasteiger partial charge on any atom is 0.254 e. The minimum Gasteiger partial charge on any atom is -0.379 e. The van der Waals surface area contributed by atoms with Crippen molar-refractivity contribution in [1.29, 1.82) is 0 Å². The van der Waals surface area contributed by atoms with Gasteiger partial charge in [0.15, 0.2) is 0 Å². The van der Waals surface area contributed by atoms with E-state index in [4.69, 9.17) is 4.74 Å². The Morgan fingerprint density at radius 1 is 1.25 bits per heavy atom. The molecular formula is C20H27FN2O4S. The molecule has 4 atom stereocenters. The van der Waals surface area contributed by atoms with Crippen LogP contribution in [0.15, 0.2) is 23.1 Å². The van der Waals surface area contributed by atoms with Gasteiger partial charge in [-0.15, -0.1) is 0 Å². The van der Waals surface area contributed by atoms with E-state index >= 15 is 0 Å². The topological polar surface area (TPSA) is 75.7 Å². The minimum absolute atomic E-state index is 0.0540. The fourth-order valence-electron chi connectivity index (χ4n) is 5.07. The van der Waals surface area contributed by atoms with Gasteiger partial charge in [0.25, 0.3) is 5.91 Å². The van der Waals surface area contributed by atoms with Crippen molar-refractivity contribution in [1.82, 2.24) is 9.62 Å². The summed E-state index contributed by atoms with van der Waals surface area (Å²) >= 11 is 0. The van der Waals surface area contributed by atoms with Gasteiger partial charge in [0.05, 0.1) is 23.7 Å². The summed E-state index contributed by atoms with van der Waals surface area (Å²) in [5.41, 5.74) is -0.218. The van der Waals surface area contributed by atoms with Crippen LogP contribution in [0.4, 0.5) is 4.39 Å². The number of fused-ring (bicyclic) bond motifs is 2. The van der Waals surface area contributed by atoms with Crippen LogP contribution in [0.2, 0.25) is 0 Å². The second-order valence-corrected chi connectivity index (χ2v) is 10.2. The SMILES string of the molecule is CC(NC(=O)c1cc(S(=O)(=O)N2CCOCC2)ccc1F)C1CC2CCC1C2. The summed E-state index contributed by atoms with van der Waals surface area (Å²) in [5, 5.41) is 2.91. The van der Waals surface area contributed by atoms with Crippen LogP contribution in [-0.2, 0) is 14.8 Å². The zero-order valence-corrected chi connectivity index (χ0v) is 16.9. The van der Waals surface area contributed by atoms with Crippen LogP contribution in [0.25, 0.3) is 0 Å². The molecule has 3 aliphatic rings. The van der Waals surface area contributed by atoms with Gasteiger partial charge in [-0.05, 0) is 62.1 Å². The van der Waals surface area contributed by atoms with Crippen molar-refractivity contribution in [2.45, 2.75) is 43.5 Å². The Balaban J connectivity index is 1.51. The molecule has 1 aliphatic heterocycles. The van der Waals surface area contributed by atoms with E-state index in [1.165, 1.54) is 29.6 Å². The molecule has 3 fully saturated rings. The Morgan fingerprint density at radius 3 is 2.64 bits per heavy atom. The molecule has 1 N–H and O–H groups in total. The standard InChI is InChI=1S/C20H27FN2O4S/c1-13(17-11-14-2-3-15(17)10-14)22-20(24)18-12-16(4-5-19(18)21)28(25,26)23-6-8-27-9-7-23/h4-5,12-15,17H,2-3,6-11H2,1H3,(H,22,24). The molecule has 1 saturated heterocycles. The maximum absolute atomic E-state index is 14.3. The van der Waals surface area contributed by atoms with E-state index in [2.05, 4.69) is 5.32 Å². The highest BCUT2D eigenvalue weighted by Gasteiger charge is 2.42. The predicted molar refractivity (Wildman–Crippen MR) is 102 cm³/mol. The fraction of sp³-hybridized carbons (Fsp3) is 0.650. The lowest BCUT2D eigenvalue weighted by Gasteiger charge is -2.28. The number of benzene rings is 1. The first-order valence-electron chi connectivity index (χ1n) is 10.0. The molecule has 2 saturated carbocycles. The molecule has 8 heteroatoms. The smallest absolute Gasteiger partial charge is 0.254 e. The Morgan fingerprint density at radius 2 is 2.00 bits per heavy atom. The molecule has 154 valence electrons. The molecule has 6 nitrogen and oxygen atoms in total. The van der Waals surface area contributed by atoms with E-state index in [1.807, 2.05) is 6.92 Å².